The summed E-state index contributed by atoms with van der Waals surface area (Å²) >= 11 is 0. The van der Waals surface area contributed by atoms with Crippen molar-refractivity contribution in [3.63, 3.8) is 0 Å². The highest BCUT2D eigenvalue weighted by Gasteiger charge is 2.49. The molecule has 5 rings (SSSR count). The first kappa shape index (κ1) is 29.8. The summed E-state index contributed by atoms with van der Waals surface area (Å²) in [7, 11) is 0. The van der Waals surface area contributed by atoms with Crippen LogP contribution in [0.1, 0.15) is 74.5 Å². The minimum atomic E-state index is -0.858. The molecule has 224 valence electrons. The van der Waals surface area contributed by atoms with Crippen LogP contribution in [-0.2, 0) is 10.3 Å². The van der Waals surface area contributed by atoms with E-state index < -0.39 is 34.2 Å². The Labute approximate surface area is 244 Å². The SMILES string of the molecule is Cc1ccccc1C(C)(C)NC(=O)CC1(NC(=O)c2cc(-c3ccc(F)cc3F)on2)CN(C2CCC(C)(O)CC2)C1. The quantitative estimate of drug-likeness (QED) is 0.352. The van der Waals surface area contributed by atoms with Crippen molar-refractivity contribution in [2.24, 2.45) is 0 Å². The number of aromatic nitrogens is 1. The zero-order valence-corrected chi connectivity index (χ0v) is 24.5. The van der Waals surface area contributed by atoms with Crippen LogP contribution in [0.5, 0.6) is 0 Å². The lowest BCUT2D eigenvalue weighted by Gasteiger charge is -2.54. The molecular weight excluding hydrogens is 542 g/mol. The third-order valence-electron chi connectivity index (χ3n) is 8.65. The number of aryl methyl sites for hydroxylation is 1. The summed E-state index contributed by atoms with van der Waals surface area (Å²) < 4.78 is 32.9. The molecule has 0 atom stereocenters. The van der Waals surface area contributed by atoms with Gasteiger partial charge in [-0.1, -0.05) is 29.4 Å². The molecule has 2 fully saturated rings. The minimum absolute atomic E-state index is 0.00563. The summed E-state index contributed by atoms with van der Waals surface area (Å²) in [5.41, 5.74) is -0.172. The standard InChI is InChI=1S/C32H38F2N4O4/c1-20-7-5-6-8-24(20)30(2,3)35-28(39)17-32(18-38(19-32)22-11-13-31(4,41)14-12-22)36-29(40)26-16-27(42-37-26)23-10-9-21(33)15-25(23)34/h5-10,15-16,22,41H,11-14,17-19H2,1-4H3,(H,35,39)(H,36,40). The van der Waals surface area contributed by atoms with E-state index >= 15 is 0 Å². The molecule has 2 aromatic carbocycles. The lowest BCUT2D eigenvalue weighted by Crippen LogP contribution is -2.73. The number of amides is 2. The summed E-state index contributed by atoms with van der Waals surface area (Å²) in [6.07, 6.45) is 3.10. The average Bonchev–Trinajstić information content (AvgIpc) is 3.37. The van der Waals surface area contributed by atoms with Crippen molar-refractivity contribution < 1.29 is 28.0 Å². The number of hydrogen-bond acceptors (Lipinski definition) is 6. The van der Waals surface area contributed by atoms with Gasteiger partial charge in [0.1, 0.15) is 11.6 Å². The van der Waals surface area contributed by atoms with Gasteiger partial charge < -0.3 is 20.3 Å². The van der Waals surface area contributed by atoms with Crippen molar-refractivity contribution in [3.8, 4) is 11.3 Å². The van der Waals surface area contributed by atoms with Gasteiger partial charge in [0, 0.05) is 31.3 Å². The van der Waals surface area contributed by atoms with Gasteiger partial charge in [-0.3, -0.25) is 14.5 Å². The van der Waals surface area contributed by atoms with Gasteiger partial charge in [-0.2, -0.15) is 0 Å². The number of carbonyl (C=O) groups excluding carboxylic acids is 2. The van der Waals surface area contributed by atoms with Crippen LogP contribution in [0.15, 0.2) is 53.1 Å². The zero-order chi connectivity index (χ0) is 30.3. The lowest BCUT2D eigenvalue weighted by molar-refractivity contribution is -0.127. The van der Waals surface area contributed by atoms with Crippen LogP contribution in [-0.4, -0.2) is 57.2 Å². The summed E-state index contributed by atoms with van der Waals surface area (Å²) in [6, 6.07) is 12.5. The van der Waals surface area contributed by atoms with Gasteiger partial charge in [0.15, 0.2) is 11.5 Å². The maximum absolute atomic E-state index is 14.3. The summed E-state index contributed by atoms with van der Waals surface area (Å²) in [4.78, 5) is 29.1. The summed E-state index contributed by atoms with van der Waals surface area (Å²) in [5.74, 6) is -2.32. The van der Waals surface area contributed by atoms with Gasteiger partial charge in [0.05, 0.1) is 28.7 Å². The molecule has 1 saturated heterocycles. The number of carbonyl (C=O) groups is 2. The Hall–Kier alpha value is -3.63. The second-order valence-corrected chi connectivity index (χ2v) is 12.7. The number of halogens is 2. The van der Waals surface area contributed by atoms with Crippen LogP contribution in [0, 0.1) is 18.6 Å². The van der Waals surface area contributed by atoms with E-state index in [0.717, 1.165) is 36.1 Å². The molecule has 0 bridgehead atoms. The Morgan fingerprint density at radius 3 is 2.48 bits per heavy atom. The van der Waals surface area contributed by atoms with Crippen molar-refractivity contribution in [2.75, 3.05) is 13.1 Å². The molecule has 3 aromatic rings. The second-order valence-electron chi connectivity index (χ2n) is 12.7. The zero-order valence-electron chi connectivity index (χ0n) is 24.5. The molecular formula is C32H38F2N4O4. The molecule has 1 aliphatic heterocycles. The van der Waals surface area contributed by atoms with Crippen molar-refractivity contribution in [1.82, 2.24) is 20.7 Å². The fourth-order valence-electron chi connectivity index (χ4n) is 6.36. The first-order valence-electron chi connectivity index (χ1n) is 14.3. The first-order chi connectivity index (χ1) is 19.8. The van der Waals surface area contributed by atoms with Crippen molar-refractivity contribution in [3.05, 3.63) is 77.0 Å². The highest BCUT2D eigenvalue weighted by molar-refractivity contribution is 5.94. The van der Waals surface area contributed by atoms with Crippen LogP contribution < -0.4 is 10.6 Å². The monoisotopic (exact) mass is 580 g/mol. The van der Waals surface area contributed by atoms with Crippen molar-refractivity contribution in [2.45, 2.75) is 82.5 Å². The average molecular weight is 581 g/mol. The first-order valence-corrected chi connectivity index (χ1v) is 14.3. The summed E-state index contributed by atoms with van der Waals surface area (Å²) in [5, 5.41) is 20.4. The van der Waals surface area contributed by atoms with Gasteiger partial charge >= 0.3 is 0 Å². The van der Waals surface area contributed by atoms with E-state index in [1.165, 1.54) is 12.1 Å². The fraction of sp³-hybridized carbons (Fsp3) is 0.469. The lowest BCUT2D eigenvalue weighted by atomic mass is 9.78. The van der Waals surface area contributed by atoms with Crippen LogP contribution in [0.2, 0.25) is 0 Å². The number of nitrogens with zero attached hydrogens (tertiary/aromatic N) is 2. The molecule has 8 nitrogen and oxygen atoms in total. The normalized spacial score (nSPS) is 22.3. The van der Waals surface area contributed by atoms with Gasteiger partial charge in [-0.25, -0.2) is 8.78 Å². The Balaban J connectivity index is 1.32. The molecule has 1 aromatic heterocycles. The third kappa shape index (κ3) is 6.39. The Bertz CT molecular complexity index is 1470. The maximum atomic E-state index is 14.3. The second kappa shape index (κ2) is 11.2. The van der Waals surface area contributed by atoms with Gasteiger partial charge in [0.25, 0.3) is 5.91 Å². The maximum Gasteiger partial charge on any atom is 0.274 e. The number of rotatable bonds is 8. The van der Waals surface area contributed by atoms with Crippen molar-refractivity contribution in [1.29, 1.82) is 0 Å². The Morgan fingerprint density at radius 1 is 1.12 bits per heavy atom. The molecule has 0 spiro atoms. The predicted molar refractivity (Wildman–Crippen MR) is 153 cm³/mol. The Kier molecular flexibility index (Phi) is 7.98. The van der Waals surface area contributed by atoms with Crippen molar-refractivity contribution >= 4 is 11.8 Å². The number of hydrogen-bond donors (Lipinski definition) is 3. The van der Waals surface area contributed by atoms with E-state index in [1.54, 1.807) is 0 Å². The molecule has 0 radical (unpaired) electrons. The third-order valence-corrected chi connectivity index (χ3v) is 8.65. The number of likely N-dealkylation sites (tertiary alicyclic amines) is 1. The van der Waals surface area contributed by atoms with Crippen LogP contribution >= 0.6 is 0 Å². The molecule has 10 heteroatoms. The minimum Gasteiger partial charge on any atom is -0.390 e. The van der Waals surface area contributed by atoms with Crippen LogP contribution in [0.3, 0.4) is 0 Å². The number of aliphatic hydroxyl groups is 1. The molecule has 1 aliphatic carbocycles. The molecule has 0 unspecified atom stereocenters. The van der Waals surface area contributed by atoms with E-state index in [2.05, 4.69) is 20.7 Å². The smallest absolute Gasteiger partial charge is 0.274 e. The largest absolute Gasteiger partial charge is 0.390 e. The molecule has 1 saturated carbocycles. The molecule has 2 heterocycles. The molecule has 42 heavy (non-hydrogen) atoms. The van der Waals surface area contributed by atoms with Gasteiger partial charge in [-0.15, -0.1) is 0 Å². The number of benzene rings is 2. The highest BCUT2D eigenvalue weighted by Crippen LogP contribution is 2.36. The van der Waals surface area contributed by atoms with E-state index in [-0.39, 0.29) is 35.4 Å². The number of nitrogens with one attached hydrogen (secondary N) is 2. The molecule has 2 amide bonds. The van der Waals surface area contributed by atoms with E-state index in [0.29, 0.717) is 25.9 Å². The highest BCUT2D eigenvalue weighted by atomic mass is 19.1. The van der Waals surface area contributed by atoms with Gasteiger partial charge in [-0.05, 0) is 76.6 Å². The fourth-order valence-corrected chi connectivity index (χ4v) is 6.36. The molecule has 3 N–H and O–H groups in total. The topological polar surface area (TPSA) is 108 Å². The van der Waals surface area contributed by atoms with Gasteiger partial charge in [0.2, 0.25) is 5.91 Å². The van der Waals surface area contributed by atoms with E-state index in [9.17, 15) is 23.5 Å². The Morgan fingerprint density at radius 2 is 1.81 bits per heavy atom. The van der Waals surface area contributed by atoms with Crippen LogP contribution in [0.4, 0.5) is 8.78 Å². The van der Waals surface area contributed by atoms with Crippen LogP contribution in [0.25, 0.3) is 11.3 Å². The predicted octanol–water partition coefficient (Wildman–Crippen LogP) is 4.85. The van der Waals surface area contributed by atoms with E-state index in [4.69, 9.17) is 4.52 Å². The summed E-state index contributed by atoms with van der Waals surface area (Å²) in [6.45, 7) is 8.67. The molecule has 2 aliphatic rings. The van der Waals surface area contributed by atoms with E-state index in [1.807, 2.05) is 52.0 Å².